The van der Waals surface area contributed by atoms with Crippen LogP contribution in [-0.2, 0) is 6.18 Å². The summed E-state index contributed by atoms with van der Waals surface area (Å²) in [5.41, 5.74) is -1.34. The Morgan fingerprint density at radius 1 is 0.938 bits per heavy atom. The molecule has 0 atom stereocenters. The molecule has 162 valence electrons. The second kappa shape index (κ2) is 8.38. The number of aromatic nitrogens is 3. The summed E-state index contributed by atoms with van der Waals surface area (Å²) in [7, 11) is 0. The van der Waals surface area contributed by atoms with Gasteiger partial charge in [0, 0.05) is 5.69 Å². The van der Waals surface area contributed by atoms with Gasteiger partial charge in [-0.1, -0.05) is 18.2 Å². The molecule has 2 amide bonds. The molecule has 2 aromatic heterocycles. The van der Waals surface area contributed by atoms with E-state index in [-0.39, 0.29) is 17.1 Å². The number of nitrogens with zero attached hydrogens (tertiary/aromatic N) is 3. The molecule has 0 saturated heterocycles. The average Bonchev–Trinajstić information content (AvgIpc) is 3.47. The van der Waals surface area contributed by atoms with Gasteiger partial charge in [-0.3, -0.25) is 9.59 Å². The zero-order chi connectivity index (χ0) is 22.7. The van der Waals surface area contributed by atoms with Gasteiger partial charge in [-0.15, -0.1) is 5.10 Å². The van der Waals surface area contributed by atoms with E-state index in [1.165, 1.54) is 29.3 Å². The van der Waals surface area contributed by atoms with E-state index >= 15 is 0 Å². The number of carbonyl (C=O) groups is 2. The number of nitrogens with one attached hydrogen (secondary N) is 2. The average molecular weight is 441 g/mol. The molecular weight excluding hydrogens is 427 g/mol. The molecule has 11 heteroatoms. The topological polar surface area (TPSA) is 102 Å². The Bertz CT molecular complexity index is 1250. The van der Waals surface area contributed by atoms with Crippen molar-refractivity contribution in [2.75, 3.05) is 10.6 Å². The van der Waals surface area contributed by atoms with E-state index in [0.29, 0.717) is 5.69 Å². The van der Waals surface area contributed by atoms with Crippen LogP contribution in [0.5, 0.6) is 0 Å². The van der Waals surface area contributed by atoms with E-state index in [1.807, 2.05) is 0 Å². The number of carbonyl (C=O) groups excluding carboxylic acids is 2. The van der Waals surface area contributed by atoms with Gasteiger partial charge in [0.05, 0.1) is 29.4 Å². The molecule has 0 unspecified atom stereocenters. The summed E-state index contributed by atoms with van der Waals surface area (Å²) in [5.74, 6) is -1.64. The third-order valence-electron chi connectivity index (χ3n) is 4.29. The number of halogens is 3. The van der Waals surface area contributed by atoms with Crippen molar-refractivity contribution in [3.8, 4) is 5.69 Å². The Hall–Kier alpha value is -4.41. The Labute approximate surface area is 178 Å². The van der Waals surface area contributed by atoms with Crippen LogP contribution in [0.15, 0.2) is 77.5 Å². The van der Waals surface area contributed by atoms with Crippen LogP contribution < -0.4 is 10.6 Å². The van der Waals surface area contributed by atoms with Gasteiger partial charge < -0.3 is 15.1 Å². The van der Waals surface area contributed by atoms with Crippen LogP contribution in [0.25, 0.3) is 5.69 Å². The minimum atomic E-state index is -4.80. The van der Waals surface area contributed by atoms with E-state index in [4.69, 9.17) is 4.42 Å². The Balaban J connectivity index is 1.56. The van der Waals surface area contributed by atoms with Gasteiger partial charge in [0.2, 0.25) is 0 Å². The molecule has 0 aliphatic carbocycles. The summed E-state index contributed by atoms with van der Waals surface area (Å²) in [6.45, 7) is 0. The van der Waals surface area contributed by atoms with Crippen molar-refractivity contribution in [3.63, 3.8) is 0 Å². The van der Waals surface area contributed by atoms with Gasteiger partial charge in [-0.25, -0.2) is 0 Å². The largest absolute Gasteiger partial charge is 0.459 e. The number of hydrogen-bond acceptors (Lipinski definition) is 5. The SMILES string of the molecule is O=C(Nc1ccc(NC(=O)c2ccco2)cc1C(F)(F)F)c1cnn(-c2ccccc2)n1. The summed E-state index contributed by atoms with van der Waals surface area (Å²) in [6, 6.07) is 14.5. The van der Waals surface area contributed by atoms with Crippen molar-refractivity contribution in [2.45, 2.75) is 6.18 Å². The van der Waals surface area contributed by atoms with Crippen molar-refractivity contribution >= 4 is 23.2 Å². The third-order valence-corrected chi connectivity index (χ3v) is 4.29. The van der Waals surface area contributed by atoms with Crippen LogP contribution in [0.2, 0.25) is 0 Å². The first kappa shape index (κ1) is 20.8. The molecule has 0 spiro atoms. The highest BCUT2D eigenvalue weighted by molar-refractivity contribution is 6.04. The lowest BCUT2D eigenvalue weighted by molar-refractivity contribution is -0.136. The van der Waals surface area contributed by atoms with Gasteiger partial charge in [-0.2, -0.15) is 23.1 Å². The monoisotopic (exact) mass is 441 g/mol. The molecule has 0 aliphatic heterocycles. The Morgan fingerprint density at radius 2 is 1.72 bits per heavy atom. The lowest BCUT2D eigenvalue weighted by atomic mass is 10.1. The van der Waals surface area contributed by atoms with Gasteiger partial charge in [0.25, 0.3) is 11.8 Å². The molecule has 2 N–H and O–H groups in total. The fourth-order valence-corrected chi connectivity index (χ4v) is 2.81. The van der Waals surface area contributed by atoms with E-state index in [0.717, 1.165) is 18.3 Å². The molecule has 2 aromatic carbocycles. The second-order valence-electron chi connectivity index (χ2n) is 6.50. The summed E-state index contributed by atoms with van der Waals surface area (Å²) in [4.78, 5) is 25.7. The van der Waals surface area contributed by atoms with Crippen molar-refractivity contribution in [2.24, 2.45) is 0 Å². The number of alkyl halides is 3. The maximum absolute atomic E-state index is 13.6. The summed E-state index contributed by atoms with van der Waals surface area (Å²) >= 11 is 0. The number of furan rings is 1. The first-order chi connectivity index (χ1) is 15.3. The number of anilines is 2. The summed E-state index contributed by atoms with van der Waals surface area (Å²) in [5, 5.41) is 12.5. The number of para-hydroxylation sites is 1. The Morgan fingerprint density at radius 3 is 2.41 bits per heavy atom. The fraction of sp³-hybridized carbons (Fsp3) is 0.0476. The number of benzene rings is 2. The Kier molecular flexibility index (Phi) is 5.46. The van der Waals surface area contributed by atoms with Crippen molar-refractivity contribution in [3.05, 3.63) is 90.1 Å². The molecule has 0 fully saturated rings. The lowest BCUT2D eigenvalue weighted by Crippen LogP contribution is -2.18. The molecule has 32 heavy (non-hydrogen) atoms. The summed E-state index contributed by atoms with van der Waals surface area (Å²) in [6.07, 6.45) is -2.38. The first-order valence-electron chi connectivity index (χ1n) is 9.16. The van der Waals surface area contributed by atoms with Gasteiger partial charge in [0.15, 0.2) is 11.5 Å². The zero-order valence-corrected chi connectivity index (χ0v) is 16.1. The van der Waals surface area contributed by atoms with Crippen LogP contribution in [-0.4, -0.2) is 26.8 Å². The molecule has 0 saturated carbocycles. The van der Waals surface area contributed by atoms with Crippen LogP contribution >= 0.6 is 0 Å². The molecule has 0 aliphatic rings. The number of hydrogen-bond donors (Lipinski definition) is 2. The van der Waals surface area contributed by atoms with Crippen LogP contribution in [0.4, 0.5) is 24.5 Å². The minimum absolute atomic E-state index is 0.0579. The third kappa shape index (κ3) is 4.51. The standard InChI is InChI=1S/C21H14F3N5O3/c22-21(23,24)15-11-13(26-20(31)18-7-4-10-32-18)8-9-16(15)27-19(30)17-12-25-29(28-17)14-5-2-1-3-6-14/h1-12H,(H,26,31)(H,27,30). The normalized spacial score (nSPS) is 11.2. The smallest absolute Gasteiger partial charge is 0.418 e. The second-order valence-corrected chi connectivity index (χ2v) is 6.50. The predicted molar refractivity (Wildman–Crippen MR) is 107 cm³/mol. The molecular formula is C21H14F3N5O3. The highest BCUT2D eigenvalue weighted by Gasteiger charge is 2.34. The number of rotatable bonds is 5. The van der Waals surface area contributed by atoms with E-state index < -0.39 is 29.2 Å². The first-order valence-corrected chi connectivity index (χ1v) is 9.16. The molecule has 8 nitrogen and oxygen atoms in total. The summed E-state index contributed by atoms with van der Waals surface area (Å²) < 4.78 is 45.7. The molecule has 0 radical (unpaired) electrons. The van der Waals surface area contributed by atoms with Gasteiger partial charge in [0.1, 0.15) is 0 Å². The van der Waals surface area contributed by atoms with Crippen molar-refractivity contribution in [1.82, 2.24) is 15.0 Å². The number of amides is 2. The van der Waals surface area contributed by atoms with E-state index in [2.05, 4.69) is 20.8 Å². The molecule has 0 bridgehead atoms. The molecule has 2 heterocycles. The van der Waals surface area contributed by atoms with Crippen molar-refractivity contribution in [1.29, 1.82) is 0 Å². The van der Waals surface area contributed by atoms with E-state index in [9.17, 15) is 22.8 Å². The van der Waals surface area contributed by atoms with Gasteiger partial charge in [-0.05, 0) is 42.5 Å². The quantitative estimate of drug-likeness (QED) is 0.479. The molecule has 4 aromatic rings. The van der Waals surface area contributed by atoms with E-state index in [1.54, 1.807) is 30.3 Å². The minimum Gasteiger partial charge on any atom is -0.459 e. The molecule has 4 rings (SSSR count). The van der Waals surface area contributed by atoms with Gasteiger partial charge >= 0.3 is 6.18 Å². The van der Waals surface area contributed by atoms with Crippen LogP contribution in [0, 0.1) is 0 Å². The highest BCUT2D eigenvalue weighted by Crippen LogP contribution is 2.37. The van der Waals surface area contributed by atoms with Crippen LogP contribution in [0.1, 0.15) is 26.6 Å². The van der Waals surface area contributed by atoms with Crippen LogP contribution in [0.3, 0.4) is 0 Å². The van der Waals surface area contributed by atoms with Crippen molar-refractivity contribution < 1.29 is 27.2 Å². The zero-order valence-electron chi connectivity index (χ0n) is 16.1. The fourth-order valence-electron chi connectivity index (χ4n) is 2.81. The lowest BCUT2D eigenvalue weighted by Gasteiger charge is -2.15. The highest BCUT2D eigenvalue weighted by atomic mass is 19.4. The maximum atomic E-state index is 13.6. The predicted octanol–water partition coefficient (Wildman–Crippen LogP) is 4.38. The maximum Gasteiger partial charge on any atom is 0.418 e.